The molecule has 1 aromatic heterocycles. The number of rotatable bonds is 3. The van der Waals surface area contributed by atoms with E-state index in [0.29, 0.717) is 18.7 Å². The van der Waals surface area contributed by atoms with Crippen molar-refractivity contribution in [3.05, 3.63) is 24.3 Å². The van der Waals surface area contributed by atoms with Crippen LogP contribution in [-0.2, 0) is 9.84 Å². The van der Waals surface area contributed by atoms with Gasteiger partial charge in [0.1, 0.15) is 0 Å². The van der Waals surface area contributed by atoms with Crippen molar-refractivity contribution < 1.29 is 12.8 Å². The van der Waals surface area contributed by atoms with E-state index >= 15 is 0 Å². The van der Waals surface area contributed by atoms with Gasteiger partial charge in [-0.1, -0.05) is 0 Å². The Bertz CT molecular complexity index is 475. The number of hydrogen-bond acceptors (Lipinski definition) is 4. The first kappa shape index (κ1) is 11.3. The Morgan fingerprint density at radius 3 is 3.00 bits per heavy atom. The van der Waals surface area contributed by atoms with Gasteiger partial charge in [0.25, 0.3) is 0 Å². The second kappa shape index (κ2) is 4.37. The van der Waals surface area contributed by atoms with Crippen LogP contribution in [0.2, 0.25) is 0 Å². The lowest BCUT2D eigenvalue weighted by Crippen LogP contribution is -2.15. The quantitative estimate of drug-likeness (QED) is 0.808. The number of nitrogens with one attached hydrogen (secondary N) is 1. The highest BCUT2D eigenvalue weighted by atomic mass is 32.2. The average molecular weight is 244 g/mol. The maximum Gasteiger partial charge on any atom is 0.214 e. The molecule has 6 heteroatoms. The zero-order valence-corrected chi connectivity index (χ0v) is 9.50. The molecule has 1 aromatic rings. The standard InChI is InChI=1S/C10H13FN2O2S/c11-10-5-9(1-3-12-10)13-6-8-2-4-16(14,15)7-8/h1,3,5,8H,2,4,6-7H2,(H,12,13). The van der Waals surface area contributed by atoms with Gasteiger partial charge in [-0.15, -0.1) is 0 Å². The average Bonchev–Trinajstić information content (AvgIpc) is 2.56. The van der Waals surface area contributed by atoms with Gasteiger partial charge < -0.3 is 5.32 Å². The van der Waals surface area contributed by atoms with Crippen molar-refractivity contribution in [2.24, 2.45) is 5.92 Å². The van der Waals surface area contributed by atoms with Crippen LogP contribution < -0.4 is 5.32 Å². The summed E-state index contributed by atoms with van der Waals surface area (Å²) >= 11 is 0. The van der Waals surface area contributed by atoms with Gasteiger partial charge in [-0.05, 0) is 18.4 Å². The molecule has 1 fully saturated rings. The minimum Gasteiger partial charge on any atom is -0.385 e. The number of nitrogens with zero attached hydrogens (tertiary/aromatic N) is 1. The Morgan fingerprint density at radius 1 is 1.56 bits per heavy atom. The van der Waals surface area contributed by atoms with Crippen LogP contribution in [-0.4, -0.2) is 31.5 Å². The monoisotopic (exact) mass is 244 g/mol. The summed E-state index contributed by atoms with van der Waals surface area (Å²) in [5.41, 5.74) is 0.636. The molecule has 0 amide bonds. The van der Waals surface area contributed by atoms with Gasteiger partial charge >= 0.3 is 0 Å². The number of aromatic nitrogens is 1. The summed E-state index contributed by atoms with van der Waals surface area (Å²) in [5.74, 6) is 0.0859. The van der Waals surface area contributed by atoms with Crippen LogP contribution in [0.4, 0.5) is 10.1 Å². The highest BCUT2D eigenvalue weighted by molar-refractivity contribution is 7.91. The molecule has 2 heterocycles. The van der Waals surface area contributed by atoms with Gasteiger partial charge in [-0.3, -0.25) is 0 Å². The van der Waals surface area contributed by atoms with Crippen molar-refractivity contribution in [3.8, 4) is 0 Å². The molecule has 0 aliphatic carbocycles. The van der Waals surface area contributed by atoms with E-state index in [9.17, 15) is 12.8 Å². The van der Waals surface area contributed by atoms with E-state index in [1.54, 1.807) is 6.07 Å². The summed E-state index contributed by atoms with van der Waals surface area (Å²) in [6, 6.07) is 2.95. The van der Waals surface area contributed by atoms with Gasteiger partial charge in [0.2, 0.25) is 5.95 Å². The highest BCUT2D eigenvalue weighted by Gasteiger charge is 2.27. The van der Waals surface area contributed by atoms with Crippen LogP contribution in [0.1, 0.15) is 6.42 Å². The molecule has 16 heavy (non-hydrogen) atoms. The molecule has 0 aromatic carbocycles. The van der Waals surface area contributed by atoms with Crippen molar-refractivity contribution in [1.82, 2.24) is 4.98 Å². The summed E-state index contributed by atoms with van der Waals surface area (Å²) in [7, 11) is -2.83. The molecule has 1 aliphatic rings. The van der Waals surface area contributed by atoms with Gasteiger partial charge in [0.15, 0.2) is 9.84 Å². The van der Waals surface area contributed by atoms with Crippen molar-refractivity contribution in [2.45, 2.75) is 6.42 Å². The molecule has 1 N–H and O–H groups in total. The third-order valence-electron chi connectivity index (χ3n) is 2.65. The molecule has 0 bridgehead atoms. The largest absolute Gasteiger partial charge is 0.385 e. The van der Waals surface area contributed by atoms with E-state index in [-0.39, 0.29) is 17.4 Å². The van der Waals surface area contributed by atoms with Crippen LogP contribution in [0.5, 0.6) is 0 Å². The van der Waals surface area contributed by atoms with E-state index in [1.165, 1.54) is 12.3 Å². The Labute approximate surface area is 93.8 Å². The molecule has 1 aliphatic heterocycles. The molecular weight excluding hydrogens is 231 g/mol. The van der Waals surface area contributed by atoms with Crippen molar-refractivity contribution >= 4 is 15.5 Å². The van der Waals surface area contributed by atoms with Crippen molar-refractivity contribution in [1.29, 1.82) is 0 Å². The van der Waals surface area contributed by atoms with Gasteiger partial charge in [0, 0.05) is 24.5 Å². The number of halogens is 1. The van der Waals surface area contributed by atoms with Crippen molar-refractivity contribution in [3.63, 3.8) is 0 Å². The summed E-state index contributed by atoms with van der Waals surface area (Å²) in [4.78, 5) is 3.44. The number of sulfone groups is 1. The summed E-state index contributed by atoms with van der Waals surface area (Å²) in [5, 5.41) is 3.02. The van der Waals surface area contributed by atoms with Crippen molar-refractivity contribution in [2.75, 3.05) is 23.4 Å². The van der Waals surface area contributed by atoms with Crippen LogP contribution in [0.25, 0.3) is 0 Å². The maximum atomic E-state index is 12.7. The third-order valence-corrected chi connectivity index (χ3v) is 4.49. The van der Waals surface area contributed by atoms with E-state index in [0.717, 1.165) is 0 Å². The Balaban J connectivity index is 1.89. The normalized spacial score (nSPS) is 23.2. The predicted octanol–water partition coefficient (Wildman–Crippen LogP) is 1.07. The smallest absolute Gasteiger partial charge is 0.214 e. The first-order valence-corrected chi connectivity index (χ1v) is 6.93. The topological polar surface area (TPSA) is 59.1 Å². The molecule has 2 rings (SSSR count). The Hall–Kier alpha value is -1.17. The first-order chi connectivity index (χ1) is 7.55. The minimum absolute atomic E-state index is 0.126. The molecular formula is C10H13FN2O2S. The second-order valence-corrected chi connectivity index (χ2v) is 6.25. The zero-order valence-electron chi connectivity index (χ0n) is 8.69. The lowest BCUT2D eigenvalue weighted by Gasteiger charge is -2.10. The lowest BCUT2D eigenvalue weighted by molar-refractivity contribution is 0.582. The Morgan fingerprint density at radius 2 is 2.38 bits per heavy atom. The van der Waals surface area contributed by atoms with E-state index < -0.39 is 15.8 Å². The second-order valence-electron chi connectivity index (χ2n) is 4.02. The SMILES string of the molecule is O=S1(=O)CCC(CNc2ccnc(F)c2)C1. The first-order valence-electron chi connectivity index (χ1n) is 5.11. The van der Waals surface area contributed by atoms with Gasteiger partial charge in [-0.2, -0.15) is 4.39 Å². The summed E-state index contributed by atoms with van der Waals surface area (Å²) in [6.45, 7) is 0.558. The van der Waals surface area contributed by atoms with E-state index in [1.807, 2.05) is 0 Å². The third kappa shape index (κ3) is 2.91. The molecule has 1 unspecified atom stereocenters. The fraction of sp³-hybridized carbons (Fsp3) is 0.500. The van der Waals surface area contributed by atoms with Gasteiger partial charge in [0.05, 0.1) is 11.5 Å². The maximum absolute atomic E-state index is 12.7. The highest BCUT2D eigenvalue weighted by Crippen LogP contribution is 2.19. The summed E-state index contributed by atoms with van der Waals surface area (Å²) < 4.78 is 35.2. The number of pyridine rings is 1. The minimum atomic E-state index is -2.83. The predicted molar refractivity (Wildman–Crippen MR) is 59.4 cm³/mol. The van der Waals surface area contributed by atoms with E-state index in [4.69, 9.17) is 0 Å². The fourth-order valence-corrected chi connectivity index (χ4v) is 3.67. The summed E-state index contributed by atoms with van der Waals surface area (Å²) in [6.07, 6.45) is 2.06. The lowest BCUT2D eigenvalue weighted by atomic mass is 10.1. The van der Waals surface area contributed by atoms with Crippen LogP contribution in [0.3, 0.4) is 0 Å². The van der Waals surface area contributed by atoms with Gasteiger partial charge in [-0.25, -0.2) is 13.4 Å². The molecule has 0 saturated carbocycles. The molecule has 0 spiro atoms. The Kier molecular flexibility index (Phi) is 3.09. The fourth-order valence-electron chi connectivity index (χ4n) is 1.81. The molecule has 0 radical (unpaired) electrons. The van der Waals surface area contributed by atoms with Crippen LogP contribution in [0.15, 0.2) is 18.3 Å². The van der Waals surface area contributed by atoms with E-state index in [2.05, 4.69) is 10.3 Å². The van der Waals surface area contributed by atoms with Crippen LogP contribution in [0, 0.1) is 11.9 Å². The molecule has 88 valence electrons. The number of hydrogen-bond donors (Lipinski definition) is 1. The number of anilines is 1. The molecule has 1 saturated heterocycles. The zero-order chi connectivity index (χ0) is 11.6. The van der Waals surface area contributed by atoms with Crippen LogP contribution >= 0.6 is 0 Å². The molecule has 4 nitrogen and oxygen atoms in total. The molecule has 1 atom stereocenters.